The number of rotatable bonds is 0. The van der Waals surface area contributed by atoms with Crippen molar-refractivity contribution >= 4 is 11.6 Å². The maximum absolute atomic E-state index is 11.9. The Bertz CT molecular complexity index is 503. The van der Waals surface area contributed by atoms with Crippen LogP contribution >= 0.6 is 0 Å². The van der Waals surface area contributed by atoms with Crippen LogP contribution in [0, 0.1) is 0 Å². The molecule has 0 saturated carbocycles. The predicted octanol–water partition coefficient (Wildman–Crippen LogP) is 1.81. The summed E-state index contributed by atoms with van der Waals surface area (Å²) in [5.41, 5.74) is 0.401. The first kappa shape index (κ1) is 10.4. The van der Waals surface area contributed by atoms with Crippen LogP contribution in [-0.2, 0) is 0 Å². The topological polar surface area (TPSA) is 74.6 Å². The number of ketones is 2. The van der Waals surface area contributed by atoms with Crippen molar-refractivity contribution in [3.63, 3.8) is 0 Å². The maximum Gasteiger partial charge on any atom is 0.193 e. The highest BCUT2D eigenvalue weighted by molar-refractivity contribution is 6.28. The summed E-state index contributed by atoms with van der Waals surface area (Å²) in [6.45, 7) is 3.06. The van der Waals surface area contributed by atoms with E-state index in [0.717, 1.165) is 0 Å². The number of phenolic OH excluding ortho intramolecular Hbond substituents is 2. The third kappa shape index (κ3) is 1.16. The van der Waals surface area contributed by atoms with Gasteiger partial charge in [0.15, 0.2) is 11.6 Å². The summed E-state index contributed by atoms with van der Waals surface area (Å²) in [5.74, 6) is -1.39. The monoisotopic (exact) mass is 218 g/mol. The molecule has 0 aliphatic heterocycles. The molecule has 0 unspecified atom stereocenters. The van der Waals surface area contributed by atoms with Gasteiger partial charge in [-0.3, -0.25) is 9.59 Å². The van der Waals surface area contributed by atoms with Crippen LogP contribution in [0.5, 0.6) is 11.5 Å². The van der Waals surface area contributed by atoms with Gasteiger partial charge in [-0.15, -0.1) is 0 Å². The molecule has 2 rings (SSSR count). The van der Waals surface area contributed by atoms with E-state index >= 15 is 0 Å². The molecule has 0 bridgehead atoms. The van der Waals surface area contributed by atoms with E-state index in [4.69, 9.17) is 0 Å². The number of Topliss-reactive ketones (excluding diaryl/α,β-unsaturated/α-hetero) is 2. The van der Waals surface area contributed by atoms with Crippen LogP contribution in [0.25, 0.3) is 0 Å². The molecular weight excluding hydrogens is 208 g/mol. The Morgan fingerprint density at radius 3 is 1.44 bits per heavy atom. The molecule has 0 heterocycles. The summed E-state index contributed by atoms with van der Waals surface area (Å²) in [6.07, 6.45) is 0. The van der Waals surface area contributed by atoms with Crippen LogP contribution < -0.4 is 0 Å². The van der Waals surface area contributed by atoms with Crippen molar-refractivity contribution in [2.45, 2.75) is 13.8 Å². The average Bonchev–Trinajstić information content (AvgIpc) is 2.26. The molecule has 82 valence electrons. The van der Waals surface area contributed by atoms with Crippen molar-refractivity contribution in [3.05, 3.63) is 34.4 Å². The van der Waals surface area contributed by atoms with Crippen LogP contribution in [0.15, 0.2) is 23.3 Å². The van der Waals surface area contributed by atoms with E-state index in [1.54, 1.807) is 0 Å². The van der Waals surface area contributed by atoms with E-state index in [0.29, 0.717) is 11.1 Å². The molecule has 1 aromatic carbocycles. The summed E-state index contributed by atoms with van der Waals surface area (Å²) in [7, 11) is 0. The first-order valence-electron chi connectivity index (χ1n) is 4.77. The largest absolute Gasteiger partial charge is 0.507 e. The highest BCUT2D eigenvalue weighted by Gasteiger charge is 2.32. The van der Waals surface area contributed by atoms with Gasteiger partial charge >= 0.3 is 0 Å². The number of phenols is 2. The second-order valence-corrected chi connectivity index (χ2v) is 3.76. The van der Waals surface area contributed by atoms with E-state index < -0.39 is 11.6 Å². The van der Waals surface area contributed by atoms with E-state index in [-0.39, 0.29) is 22.6 Å². The van der Waals surface area contributed by atoms with Gasteiger partial charge in [0.05, 0.1) is 11.1 Å². The quantitative estimate of drug-likeness (QED) is 0.651. The number of carbonyl (C=O) groups excluding carboxylic acids is 2. The summed E-state index contributed by atoms with van der Waals surface area (Å²) < 4.78 is 0. The lowest BCUT2D eigenvalue weighted by molar-refractivity contribution is 0.0970. The number of hydrogen-bond acceptors (Lipinski definition) is 4. The Kier molecular flexibility index (Phi) is 2.08. The average molecular weight is 218 g/mol. The molecule has 1 aromatic rings. The van der Waals surface area contributed by atoms with Crippen LogP contribution in [-0.4, -0.2) is 21.8 Å². The lowest BCUT2D eigenvalue weighted by Gasteiger charge is -2.18. The van der Waals surface area contributed by atoms with Gasteiger partial charge in [0.1, 0.15) is 11.5 Å². The Balaban J connectivity index is 2.86. The van der Waals surface area contributed by atoms with E-state index in [2.05, 4.69) is 0 Å². The highest BCUT2D eigenvalue weighted by Crippen LogP contribution is 2.36. The fourth-order valence-electron chi connectivity index (χ4n) is 1.76. The van der Waals surface area contributed by atoms with Crippen molar-refractivity contribution < 1.29 is 19.8 Å². The van der Waals surface area contributed by atoms with Gasteiger partial charge in [0.2, 0.25) is 0 Å². The van der Waals surface area contributed by atoms with E-state index in [1.807, 2.05) is 0 Å². The van der Waals surface area contributed by atoms with Gasteiger partial charge < -0.3 is 10.2 Å². The highest BCUT2D eigenvalue weighted by atomic mass is 16.3. The van der Waals surface area contributed by atoms with E-state index in [9.17, 15) is 19.8 Å². The predicted molar refractivity (Wildman–Crippen MR) is 56.8 cm³/mol. The molecule has 0 radical (unpaired) electrons. The lowest BCUT2D eigenvalue weighted by atomic mass is 9.84. The molecule has 0 aromatic heterocycles. The Morgan fingerprint density at radius 1 is 0.812 bits per heavy atom. The fourth-order valence-corrected chi connectivity index (χ4v) is 1.76. The summed E-state index contributed by atoms with van der Waals surface area (Å²) in [5, 5.41) is 19.1. The number of fused-ring (bicyclic) bond motifs is 1. The molecule has 2 N–H and O–H groups in total. The Morgan fingerprint density at radius 2 is 1.12 bits per heavy atom. The Labute approximate surface area is 91.8 Å². The molecule has 0 fully saturated rings. The summed E-state index contributed by atoms with van der Waals surface area (Å²) in [4.78, 5) is 23.7. The molecule has 4 heteroatoms. The van der Waals surface area contributed by atoms with Crippen molar-refractivity contribution in [1.29, 1.82) is 0 Å². The van der Waals surface area contributed by atoms with E-state index in [1.165, 1.54) is 26.0 Å². The number of hydrogen-bond donors (Lipinski definition) is 2. The zero-order chi connectivity index (χ0) is 12.0. The molecule has 1 aliphatic carbocycles. The first-order chi connectivity index (χ1) is 7.45. The van der Waals surface area contributed by atoms with Gasteiger partial charge in [0, 0.05) is 11.1 Å². The minimum absolute atomic E-state index is 0.104. The molecule has 4 nitrogen and oxygen atoms in total. The van der Waals surface area contributed by atoms with Gasteiger partial charge in [-0.25, -0.2) is 0 Å². The minimum atomic E-state index is -0.416. The number of aromatic hydroxyl groups is 2. The van der Waals surface area contributed by atoms with Crippen LogP contribution in [0.1, 0.15) is 34.6 Å². The second-order valence-electron chi connectivity index (χ2n) is 3.76. The zero-order valence-corrected chi connectivity index (χ0v) is 8.87. The smallest absolute Gasteiger partial charge is 0.193 e. The van der Waals surface area contributed by atoms with Crippen LogP contribution in [0.3, 0.4) is 0 Å². The first-order valence-corrected chi connectivity index (χ1v) is 4.77. The maximum atomic E-state index is 11.9. The van der Waals surface area contributed by atoms with Crippen molar-refractivity contribution in [2.75, 3.05) is 0 Å². The van der Waals surface area contributed by atoms with Crippen molar-refractivity contribution in [2.24, 2.45) is 0 Å². The SMILES string of the molecule is CC1=C(C)C(=O)c2c(O)ccc(O)c2C1=O. The normalized spacial score (nSPS) is 15.4. The summed E-state index contributed by atoms with van der Waals surface area (Å²) >= 11 is 0. The number of allylic oxidation sites excluding steroid dienone is 2. The molecular formula is C12H10O4. The molecule has 0 saturated heterocycles. The van der Waals surface area contributed by atoms with Gasteiger partial charge in [0.25, 0.3) is 0 Å². The minimum Gasteiger partial charge on any atom is -0.507 e. The van der Waals surface area contributed by atoms with Crippen molar-refractivity contribution in [1.82, 2.24) is 0 Å². The third-order valence-electron chi connectivity index (χ3n) is 2.86. The Hall–Kier alpha value is -2.10. The van der Waals surface area contributed by atoms with Gasteiger partial charge in [-0.05, 0) is 26.0 Å². The molecule has 16 heavy (non-hydrogen) atoms. The molecule has 0 atom stereocenters. The zero-order valence-electron chi connectivity index (χ0n) is 8.87. The molecule has 0 amide bonds. The fraction of sp³-hybridized carbons (Fsp3) is 0.167. The molecule has 0 spiro atoms. The summed E-state index contributed by atoms with van der Waals surface area (Å²) in [6, 6.07) is 2.40. The standard InChI is InChI=1S/C12H10O4/c1-5-6(2)12(16)10-8(14)4-3-7(13)9(10)11(5)15/h3-4,13-14H,1-2H3. The van der Waals surface area contributed by atoms with Crippen LogP contribution in [0.2, 0.25) is 0 Å². The number of benzene rings is 1. The van der Waals surface area contributed by atoms with Gasteiger partial charge in [-0.2, -0.15) is 0 Å². The van der Waals surface area contributed by atoms with Gasteiger partial charge in [-0.1, -0.05) is 0 Å². The third-order valence-corrected chi connectivity index (χ3v) is 2.86. The number of carbonyl (C=O) groups is 2. The second kappa shape index (κ2) is 3.20. The lowest BCUT2D eigenvalue weighted by Crippen LogP contribution is -2.19. The van der Waals surface area contributed by atoms with Crippen molar-refractivity contribution in [3.8, 4) is 11.5 Å². The molecule has 1 aliphatic rings. The van der Waals surface area contributed by atoms with Crippen LogP contribution in [0.4, 0.5) is 0 Å².